The molecule has 1 aliphatic heterocycles. The van der Waals surface area contributed by atoms with E-state index in [2.05, 4.69) is 5.32 Å². The van der Waals surface area contributed by atoms with Crippen LogP contribution in [0, 0.1) is 0 Å². The summed E-state index contributed by atoms with van der Waals surface area (Å²) in [6.07, 6.45) is 1.84. The summed E-state index contributed by atoms with van der Waals surface area (Å²) in [5, 5.41) is 4.84. The Morgan fingerprint density at radius 1 is 1.00 bits per heavy atom. The molecule has 0 bridgehead atoms. The van der Waals surface area contributed by atoms with Gasteiger partial charge >= 0.3 is 0 Å². The van der Waals surface area contributed by atoms with Crippen molar-refractivity contribution in [2.75, 3.05) is 0 Å². The van der Waals surface area contributed by atoms with Crippen LogP contribution < -0.4 is 10.1 Å². The van der Waals surface area contributed by atoms with Crippen LogP contribution in [0.3, 0.4) is 0 Å². The predicted molar refractivity (Wildman–Crippen MR) is 111 cm³/mol. The number of carbonyl (C=O) groups excluding carboxylic acids is 1. The second-order valence-electron chi connectivity index (χ2n) is 5.86. The highest BCUT2D eigenvalue weighted by Gasteiger charge is 2.22. The summed E-state index contributed by atoms with van der Waals surface area (Å²) >= 11 is 6.35. The summed E-state index contributed by atoms with van der Waals surface area (Å²) in [4.78, 5) is 12.6. The van der Waals surface area contributed by atoms with Crippen LogP contribution in [-0.4, -0.2) is 10.2 Å². The Morgan fingerprint density at radius 3 is 2.38 bits per heavy atom. The van der Waals surface area contributed by atoms with E-state index < -0.39 is 0 Å². The monoisotopic (exact) mass is 377 g/mol. The molecule has 0 unspecified atom stereocenters. The molecular formula is C21H15NO2S2. The van der Waals surface area contributed by atoms with E-state index in [1.807, 2.05) is 72.8 Å². The minimum absolute atomic E-state index is 0.165. The smallest absolute Gasteiger partial charge is 0.263 e. The van der Waals surface area contributed by atoms with Gasteiger partial charge in [-0.15, -0.1) is 0 Å². The van der Waals surface area contributed by atoms with Gasteiger partial charge in [0.1, 0.15) is 16.7 Å². The van der Waals surface area contributed by atoms with Gasteiger partial charge in [0.2, 0.25) is 0 Å². The van der Waals surface area contributed by atoms with Gasteiger partial charge in [0.15, 0.2) is 0 Å². The molecule has 1 heterocycles. The van der Waals surface area contributed by atoms with Crippen molar-refractivity contribution < 1.29 is 9.53 Å². The van der Waals surface area contributed by atoms with Crippen LogP contribution in [-0.2, 0) is 11.4 Å². The van der Waals surface area contributed by atoms with Gasteiger partial charge in [-0.2, -0.15) is 0 Å². The van der Waals surface area contributed by atoms with E-state index in [4.69, 9.17) is 17.0 Å². The van der Waals surface area contributed by atoms with Crippen molar-refractivity contribution in [2.24, 2.45) is 0 Å². The molecule has 0 atom stereocenters. The van der Waals surface area contributed by atoms with Crippen LogP contribution in [0.5, 0.6) is 5.75 Å². The molecule has 1 amide bonds. The van der Waals surface area contributed by atoms with E-state index >= 15 is 0 Å². The molecule has 1 fully saturated rings. The van der Waals surface area contributed by atoms with Crippen molar-refractivity contribution >= 4 is 51.1 Å². The zero-order valence-electron chi connectivity index (χ0n) is 13.8. The van der Waals surface area contributed by atoms with Crippen molar-refractivity contribution in [1.29, 1.82) is 0 Å². The lowest BCUT2D eigenvalue weighted by Gasteiger charge is -2.12. The lowest BCUT2D eigenvalue weighted by Crippen LogP contribution is -2.17. The van der Waals surface area contributed by atoms with Crippen LogP contribution in [0.15, 0.2) is 71.6 Å². The van der Waals surface area contributed by atoms with Gasteiger partial charge in [-0.25, -0.2) is 0 Å². The number of nitrogens with one attached hydrogen (secondary N) is 1. The number of rotatable bonds is 4. The normalized spacial score (nSPS) is 15.5. The zero-order valence-corrected chi connectivity index (χ0v) is 15.4. The van der Waals surface area contributed by atoms with Gasteiger partial charge in [0.05, 0.1) is 4.91 Å². The Balaban J connectivity index is 1.73. The Morgan fingerprint density at radius 2 is 1.69 bits per heavy atom. The molecule has 0 spiro atoms. The van der Waals surface area contributed by atoms with Crippen molar-refractivity contribution in [3.05, 3.63) is 82.8 Å². The molecule has 0 saturated carbocycles. The first kappa shape index (κ1) is 16.8. The number of hydrogen-bond acceptors (Lipinski definition) is 4. The third-order valence-corrected chi connectivity index (χ3v) is 5.21. The van der Waals surface area contributed by atoms with Gasteiger partial charge in [-0.3, -0.25) is 4.79 Å². The predicted octanol–water partition coefficient (Wildman–Crippen LogP) is 4.91. The summed E-state index contributed by atoms with van der Waals surface area (Å²) in [6, 6.07) is 22.2. The van der Waals surface area contributed by atoms with Gasteiger partial charge in [-0.1, -0.05) is 78.6 Å². The Bertz CT molecular complexity index is 1030. The Hall–Kier alpha value is -2.63. The number of thioether (sulfide) groups is 1. The number of amides is 1. The maximum atomic E-state index is 12.0. The number of hydrogen-bond donors (Lipinski definition) is 1. The average Bonchev–Trinajstić information content (AvgIpc) is 2.98. The van der Waals surface area contributed by atoms with Crippen LogP contribution in [0.4, 0.5) is 0 Å². The van der Waals surface area contributed by atoms with Gasteiger partial charge < -0.3 is 10.1 Å². The number of ether oxygens (including phenoxy) is 1. The van der Waals surface area contributed by atoms with Crippen LogP contribution in [0.25, 0.3) is 16.8 Å². The molecule has 1 N–H and O–H groups in total. The molecule has 0 aromatic heterocycles. The topological polar surface area (TPSA) is 38.3 Å². The minimum Gasteiger partial charge on any atom is -0.488 e. The Labute approximate surface area is 161 Å². The molecule has 4 rings (SSSR count). The molecule has 5 heteroatoms. The zero-order chi connectivity index (χ0) is 17.9. The molecule has 1 aliphatic rings. The molecule has 26 heavy (non-hydrogen) atoms. The highest BCUT2D eigenvalue weighted by atomic mass is 32.2. The first-order valence-electron chi connectivity index (χ1n) is 8.13. The Kier molecular flexibility index (Phi) is 4.73. The molecule has 3 nitrogen and oxygen atoms in total. The largest absolute Gasteiger partial charge is 0.488 e. The van der Waals surface area contributed by atoms with Gasteiger partial charge in [0, 0.05) is 5.56 Å². The van der Waals surface area contributed by atoms with E-state index in [0.29, 0.717) is 15.8 Å². The number of thiocarbonyl (C=S) groups is 1. The SMILES string of the molecule is O=C1NC(=S)SC1=Cc1cc2ccccc2cc1OCc1ccccc1. The molecular weight excluding hydrogens is 362 g/mol. The van der Waals surface area contributed by atoms with Gasteiger partial charge in [0.25, 0.3) is 5.91 Å². The summed E-state index contributed by atoms with van der Waals surface area (Å²) in [5.41, 5.74) is 1.95. The van der Waals surface area contributed by atoms with Crippen LogP contribution >= 0.6 is 24.0 Å². The van der Waals surface area contributed by atoms with E-state index in [0.717, 1.165) is 27.6 Å². The molecule has 0 radical (unpaired) electrons. The number of benzene rings is 3. The lowest BCUT2D eigenvalue weighted by atomic mass is 10.1. The fourth-order valence-corrected chi connectivity index (χ4v) is 3.81. The van der Waals surface area contributed by atoms with E-state index in [9.17, 15) is 4.79 Å². The molecule has 1 saturated heterocycles. The minimum atomic E-state index is -0.165. The molecule has 3 aromatic rings. The van der Waals surface area contributed by atoms with Crippen LogP contribution in [0.2, 0.25) is 0 Å². The van der Waals surface area contributed by atoms with E-state index in [1.165, 1.54) is 11.8 Å². The molecule has 3 aromatic carbocycles. The van der Waals surface area contributed by atoms with Crippen molar-refractivity contribution in [3.63, 3.8) is 0 Å². The lowest BCUT2D eigenvalue weighted by molar-refractivity contribution is -0.115. The third-order valence-electron chi connectivity index (χ3n) is 4.04. The number of carbonyl (C=O) groups is 1. The summed E-state index contributed by atoms with van der Waals surface area (Å²) in [7, 11) is 0. The standard InChI is InChI=1S/C21H15NO2S2/c23-20-19(26-21(25)22-20)12-17-10-15-8-4-5-9-16(15)11-18(17)24-13-14-6-2-1-3-7-14/h1-12H,13H2,(H,22,23,25). The maximum Gasteiger partial charge on any atom is 0.263 e. The second kappa shape index (κ2) is 7.32. The highest BCUT2D eigenvalue weighted by molar-refractivity contribution is 8.26. The highest BCUT2D eigenvalue weighted by Crippen LogP contribution is 2.32. The summed E-state index contributed by atoms with van der Waals surface area (Å²) < 4.78 is 6.57. The average molecular weight is 377 g/mol. The molecule has 0 aliphatic carbocycles. The first-order chi connectivity index (χ1) is 12.7. The van der Waals surface area contributed by atoms with Crippen molar-refractivity contribution in [1.82, 2.24) is 5.32 Å². The fraction of sp³-hybridized carbons (Fsp3) is 0.0476. The quantitative estimate of drug-likeness (QED) is 0.518. The van der Waals surface area contributed by atoms with Crippen LogP contribution in [0.1, 0.15) is 11.1 Å². The summed E-state index contributed by atoms with van der Waals surface area (Å²) in [6.45, 7) is 0.465. The second-order valence-corrected chi connectivity index (χ2v) is 7.58. The van der Waals surface area contributed by atoms with Gasteiger partial charge in [-0.05, 0) is 34.5 Å². The number of fused-ring (bicyclic) bond motifs is 1. The fourth-order valence-electron chi connectivity index (χ4n) is 2.77. The molecule has 128 valence electrons. The first-order valence-corrected chi connectivity index (χ1v) is 9.36. The van der Waals surface area contributed by atoms with E-state index in [-0.39, 0.29) is 5.91 Å². The van der Waals surface area contributed by atoms with Crippen molar-refractivity contribution in [2.45, 2.75) is 6.61 Å². The third kappa shape index (κ3) is 3.64. The van der Waals surface area contributed by atoms with E-state index in [1.54, 1.807) is 0 Å². The summed E-state index contributed by atoms with van der Waals surface area (Å²) in [5.74, 6) is 0.577. The maximum absolute atomic E-state index is 12.0. The van der Waals surface area contributed by atoms with Crippen molar-refractivity contribution in [3.8, 4) is 5.75 Å².